The molecule has 0 radical (unpaired) electrons. The van der Waals surface area contributed by atoms with Crippen molar-refractivity contribution in [3.05, 3.63) is 11.5 Å². The molecule has 1 saturated heterocycles. The zero-order chi connectivity index (χ0) is 9.68. The molecule has 0 unspecified atom stereocenters. The number of rotatable bonds is 2. The highest BCUT2D eigenvalue weighted by atomic mass is 15.2. The van der Waals surface area contributed by atoms with Gasteiger partial charge >= 0.3 is 0 Å². The Morgan fingerprint density at radius 3 is 2.38 bits per heavy atom. The summed E-state index contributed by atoms with van der Waals surface area (Å²) in [5, 5.41) is 0. The lowest BCUT2D eigenvalue weighted by Crippen LogP contribution is -2.30. The van der Waals surface area contributed by atoms with Gasteiger partial charge in [-0.3, -0.25) is 0 Å². The van der Waals surface area contributed by atoms with Gasteiger partial charge in [-0.2, -0.15) is 0 Å². The largest absolute Gasteiger partial charge is 0.399 e. The van der Waals surface area contributed by atoms with Crippen LogP contribution in [0.15, 0.2) is 16.5 Å². The van der Waals surface area contributed by atoms with Gasteiger partial charge in [0.25, 0.3) is 0 Å². The molecule has 0 aromatic carbocycles. The number of hydrogen-bond donors (Lipinski definition) is 1. The molecule has 2 N–H and O–H groups in total. The van der Waals surface area contributed by atoms with Crippen LogP contribution >= 0.6 is 0 Å². The number of aliphatic imine (C=N–C) groups is 1. The highest BCUT2D eigenvalue weighted by Crippen LogP contribution is 2.16. The highest BCUT2D eigenvalue weighted by molar-refractivity contribution is 5.55. The summed E-state index contributed by atoms with van der Waals surface area (Å²) in [7, 11) is 0. The Balaban J connectivity index is 2.69. The third-order valence-electron chi connectivity index (χ3n) is 2.26. The number of likely N-dealkylation sites (tertiary alicyclic amines) is 1. The van der Waals surface area contributed by atoms with E-state index in [1.54, 1.807) is 6.21 Å². The van der Waals surface area contributed by atoms with Crippen LogP contribution in [-0.4, -0.2) is 24.2 Å². The number of piperidine rings is 1. The topological polar surface area (TPSA) is 41.6 Å². The van der Waals surface area contributed by atoms with Crippen molar-refractivity contribution in [3.8, 4) is 0 Å². The summed E-state index contributed by atoms with van der Waals surface area (Å²) in [5.74, 6) is 0.960. The molecule has 1 fully saturated rings. The number of allylic oxidation sites excluding steroid dienone is 1. The predicted octanol–water partition coefficient (Wildman–Crippen LogP) is 1.71. The number of hydrogen-bond acceptors (Lipinski definition) is 3. The average Bonchev–Trinajstić information content (AvgIpc) is 2.15. The van der Waals surface area contributed by atoms with Crippen LogP contribution in [0.2, 0.25) is 0 Å². The molecule has 1 aliphatic heterocycles. The standard InChI is InChI=1S/C10H19N3/c1-3-12-10(9(2)11)13-7-5-4-6-8-13/h3H,4-8,11H2,1-2H3/b10-9-,12-3-. The average molecular weight is 181 g/mol. The second-order valence-corrected chi connectivity index (χ2v) is 3.44. The normalized spacial score (nSPS) is 20.6. The maximum atomic E-state index is 5.78. The molecular formula is C10H19N3. The molecular weight excluding hydrogens is 162 g/mol. The zero-order valence-corrected chi connectivity index (χ0v) is 8.58. The van der Waals surface area contributed by atoms with E-state index in [2.05, 4.69) is 9.89 Å². The van der Waals surface area contributed by atoms with Crippen LogP contribution in [0.25, 0.3) is 0 Å². The predicted molar refractivity (Wildman–Crippen MR) is 56.5 cm³/mol. The maximum Gasteiger partial charge on any atom is 0.146 e. The summed E-state index contributed by atoms with van der Waals surface area (Å²) in [5.41, 5.74) is 6.60. The number of nitrogens with two attached hydrogens (primary N) is 1. The van der Waals surface area contributed by atoms with E-state index in [0.29, 0.717) is 0 Å². The molecule has 0 spiro atoms. The molecule has 0 aromatic rings. The first kappa shape index (κ1) is 10.1. The smallest absolute Gasteiger partial charge is 0.146 e. The Morgan fingerprint density at radius 1 is 1.31 bits per heavy atom. The highest BCUT2D eigenvalue weighted by Gasteiger charge is 2.13. The van der Waals surface area contributed by atoms with Crippen LogP contribution in [0.4, 0.5) is 0 Å². The third kappa shape index (κ3) is 2.76. The molecule has 3 nitrogen and oxygen atoms in total. The molecule has 0 saturated carbocycles. The van der Waals surface area contributed by atoms with E-state index in [9.17, 15) is 0 Å². The fraction of sp³-hybridized carbons (Fsp3) is 0.700. The second kappa shape index (κ2) is 4.90. The van der Waals surface area contributed by atoms with Crippen molar-refractivity contribution in [2.24, 2.45) is 10.7 Å². The van der Waals surface area contributed by atoms with Crippen molar-refractivity contribution < 1.29 is 0 Å². The van der Waals surface area contributed by atoms with Gasteiger partial charge in [0, 0.05) is 25.0 Å². The Bertz CT molecular complexity index is 208. The minimum atomic E-state index is 0.819. The van der Waals surface area contributed by atoms with Crippen LogP contribution in [-0.2, 0) is 0 Å². The van der Waals surface area contributed by atoms with Gasteiger partial charge in [0.1, 0.15) is 5.82 Å². The van der Waals surface area contributed by atoms with Crippen molar-refractivity contribution in [1.29, 1.82) is 0 Å². The van der Waals surface area contributed by atoms with Crippen LogP contribution in [0.1, 0.15) is 33.1 Å². The fourth-order valence-electron chi connectivity index (χ4n) is 1.66. The Hall–Kier alpha value is -0.990. The van der Waals surface area contributed by atoms with Crippen molar-refractivity contribution in [3.63, 3.8) is 0 Å². The summed E-state index contributed by atoms with van der Waals surface area (Å²) >= 11 is 0. The fourth-order valence-corrected chi connectivity index (χ4v) is 1.66. The Kier molecular flexibility index (Phi) is 3.80. The van der Waals surface area contributed by atoms with Crippen LogP contribution in [0.3, 0.4) is 0 Å². The molecule has 74 valence electrons. The van der Waals surface area contributed by atoms with Gasteiger partial charge in [0.05, 0.1) is 0 Å². The zero-order valence-electron chi connectivity index (χ0n) is 8.58. The van der Waals surface area contributed by atoms with E-state index >= 15 is 0 Å². The van der Waals surface area contributed by atoms with Crippen LogP contribution in [0.5, 0.6) is 0 Å². The lowest BCUT2D eigenvalue weighted by atomic mass is 10.1. The van der Waals surface area contributed by atoms with Gasteiger partial charge < -0.3 is 10.6 Å². The molecule has 13 heavy (non-hydrogen) atoms. The first-order valence-electron chi connectivity index (χ1n) is 4.95. The van der Waals surface area contributed by atoms with Crippen molar-refractivity contribution >= 4 is 6.21 Å². The monoisotopic (exact) mass is 181 g/mol. The van der Waals surface area contributed by atoms with Gasteiger partial charge in [0.15, 0.2) is 0 Å². The maximum absolute atomic E-state index is 5.78. The van der Waals surface area contributed by atoms with Gasteiger partial charge in [0.2, 0.25) is 0 Å². The molecule has 0 aromatic heterocycles. The molecule has 1 rings (SSSR count). The second-order valence-electron chi connectivity index (χ2n) is 3.44. The minimum absolute atomic E-state index is 0.819. The Morgan fingerprint density at radius 2 is 1.92 bits per heavy atom. The van der Waals surface area contributed by atoms with E-state index in [0.717, 1.165) is 24.6 Å². The van der Waals surface area contributed by atoms with Gasteiger partial charge in [-0.1, -0.05) is 0 Å². The molecule has 1 aliphatic rings. The van der Waals surface area contributed by atoms with E-state index in [-0.39, 0.29) is 0 Å². The van der Waals surface area contributed by atoms with Crippen LogP contribution in [0, 0.1) is 0 Å². The lowest BCUT2D eigenvalue weighted by Gasteiger charge is -2.29. The van der Waals surface area contributed by atoms with Gasteiger partial charge in [-0.05, 0) is 33.1 Å². The molecule has 0 aliphatic carbocycles. The quantitative estimate of drug-likeness (QED) is 0.659. The van der Waals surface area contributed by atoms with E-state index in [1.165, 1.54) is 19.3 Å². The first-order chi connectivity index (χ1) is 6.25. The van der Waals surface area contributed by atoms with E-state index in [4.69, 9.17) is 5.73 Å². The third-order valence-corrected chi connectivity index (χ3v) is 2.26. The SMILES string of the molecule is C/C=N\C(=C(/C)N)N1CCCCC1. The molecule has 1 heterocycles. The summed E-state index contributed by atoms with van der Waals surface area (Å²) in [6.07, 6.45) is 5.66. The summed E-state index contributed by atoms with van der Waals surface area (Å²) in [6.45, 7) is 6.03. The van der Waals surface area contributed by atoms with Crippen molar-refractivity contribution in [2.45, 2.75) is 33.1 Å². The van der Waals surface area contributed by atoms with Gasteiger partial charge in [-0.25, -0.2) is 4.99 Å². The van der Waals surface area contributed by atoms with Gasteiger partial charge in [-0.15, -0.1) is 0 Å². The van der Waals surface area contributed by atoms with Crippen LogP contribution < -0.4 is 5.73 Å². The summed E-state index contributed by atoms with van der Waals surface area (Å²) in [6, 6.07) is 0. The van der Waals surface area contributed by atoms with E-state index in [1.807, 2.05) is 13.8 Å². The summed E-state index contributed by atoms with van der Waals surface area (Å²) in [4.78, 5) is 6.58. The Labute approximate surface area is 80.3 Å². The molecule has 0 atom stereocenters. The van der Waals surface area contributed by atoms with Crippen molar-refractivity contribution in [1.82, 2.24) is 4.90 Å². The molecule has 0 amide bonds. The van der Waals surface area contributed by atoms with E-state index < -0.39 is 0 Å². The molecule has 3 heteroatoms. The molecule has 0 bridgehead atoms. The van der Waals surface area contributed by atoms with Crippen molar-refractivity contribution in [2.75, 3.05) is 13.1 Å². The minimum Gasteiger partial charge on any atom is -0.399 e. The summed E-state index contributed by atoms with van der Waals surface area (Å²) < 4.78 is 0. The first-order valence-corrected chi connectivity index (χ1v) is 4.95. The lowest BCUT2D eigenvalue weighted by molar-refractivity contribution is 0.280. The number of nitrogens with zero attached hydrogens (tertiary/aromatic N) is 2.